The number of nitrogens with zero attached hydrogens (tertiary/aromatic N) is 1. The minimum absolute atomic E-state index is 0.00346. The van der Waals surface area contributed by atoms with Gasteiger partial charge in [-0.1, -0.05) is 23.2 Å². The van der Waals surface area contributed by atoms with Gasteiger partial charge in [0.25, 0.3) is 6.43 Å². The van der Waals surface area contributed by atoms with Crippen molar-refractivity contribution in [2.45, 2.75) is 11.3 Å². The largest absolute Gasteiger partial charge is 0.395 e. The van der Waals surface area contributed by atoms with Crippen LogP contribution in [0.2, 0.25) is 10.0 Å². The Bertz CT molecular complexity index is 540. The van der Waals surface area contributed by atoms with Gasteiger partial charge in [-0.3, -0.25) is 0 Å². The summed E-state index contributed by atoms with van der Waals surface area (Å²) in [5, 5.41) is 8.92. The van der Waals surface area contributed by atoms with Crippen LogP contribution in [-0.2, 0) is 10.0 Å². The Morgan fingerprint density at radius 2 is 1.89 bits per heavy atom. The maximum atomic E-state index is 12.4. The summed E-state index contributed by atoms with van der Waals surface area (Å²) in [4.78, 5) is -0.254. The molecule has 0 amide bonds. The van der Waals surface area contributed by atoms with E-state index in [4.69, 9.17) is 28.3 Å². The van der Waals surface area contributed by atoms with Gasteiger partial charge in [0.05, 0.1) is 28.1 Å². The lowest BCUT2D eigenvalue weighted by atomic mass is 10.4. The quantitative estimate of drug-likeness (QED) is 0.868. The number of sulfonamides is 1. The zero-order chi connectivity index (χ0) is 14.6. The SMILES string of the molecule is O=S(=O)(c1ccc(Cl)c(Cl)c1)N(CCO)CC(F)F. The van der Waals surface area contributed by atoms with Crippen LogP contribution in [0.4, 0.5) is 8.78 Å². The maximum absolute atomic E-state index is 12.4. The summed E-state index contributed by atoms with van der Waals surface area (Å²) < 4.78 is 49.4. The third kappa shape index (κ3) is 4.25. The Kier molecular flexibility index (Phi) is 5.94. The van der Waals surface area contributed by atoms with Crippen LogP contribution < -0.4 is 0 Å². The summed E-state index contributed by atoms with van der Waals surface area (Å²) in [5.74, 6) is 0. The standard InChI is InChI=1S/C10H11Cl2F2NO3S/c11-8-2-1-7(5-9(8)12)19(17,18)15(3-4-16)6-10(13)14/h1-2,5,10,16H,3-4,6H2. The Hall–Kier alpha value is -0.470. The van der Waals surface area contributed by atoms with E-state index in [1.165, 1.54) is 12.1 Å². The molecule has 0 radical (unpaired) electrons. The van der Waals surface area contributed by atoms with Crippen LogP contribution in [-0.4, -0.2) is 44.0 Å². The minimum atomic E-state index is -4.15. The molecular weight excluding hydrogens is 323 g/mol. The smallest absolute Gasteiger partial charge is 0.252 e. The Morgan fingerprint density at radius 3 is 2.37 bits per heavy atom. The lowest BCUT2D eigenvalue weighted by Gasteiger charge is -2.21. The number of hydrogen-bond donors (Lipinski definition) is 1. The van der Waals surface area contributed by atoms with Crippen LogP contribution in [0.15, 0.2) is 23.1 Å². The molecule has 1 aromatic rings. The Morgan fingerprint density at radius 1 is 1.26 bits per heavy atom. The zero-order valence-corrected chi connectivity index (χ0v) is 11.9. The molecule has 0 aliphatic heterocycles. The second-order valence-corrected chi connectivity index (χ2v) is 6.31. The van der Waals surface area contributed by atoms with E-state index in [1.807, 2.05) is 0 Å². The molecule has 1 rings (SSSR count). The highest BCUT2D eigenvalue weighted by Crippen LogP contribution is 2.26. The highest BCUT2D eigenvalue weighted by atomic mass is 35.5. The van der Waals surface area contributed by atoms with Gasteiger partial charge in [0.15, 0.2) is 0 Å². The number of halogens is 4. The summed E-state index contributed by atoms with van der Waals surface area (Å²) in [6.07, 6.45) is -2.84. The van der Waals surface area contributed by atoms with Gasteiger partial charge in [-0.2, -0.15) is 4.31 Å². The molecule has 0 aliphatic rings. The zero-order valence-electron chi connectivity index (χ0n) is 9.56. The topological polar surface area (TPSA) is 57.6 Å². The first kappa shape index (κ1) is 16.6. The molecule has 1 aromatic carbocycles. The van der Waals surface area contributed by atoms with Gasteiger partial charge in [0.2, 0.25) is 10.0 Å². The third-order valence-electron chi connectivity index (χ3n) is 2.22. The molecule has 9 heteroatoms. The predicted molar refractivity (Wildman–Crippen MR) is 68.3 cm³/mol. The molecule has 108 valence electrons. The van der Waals surface area contributed by atoms with Crippen LogP contribution in [0.1, 0.15) is 0 Å². The third-order valence-corrected chi connectivity index (χ3v) is 4.82. The first-order valence-corrected chi connectivity index (χ1v) is 7.33. The molecular formula is C10H11Cl2F2NO3S. The fourth-order valence-corrected chi connectivity index (χ4v) is 3.16. The number of benzene rings is 1. The average molecular weight is 334 g/mol. The summed E-state index contributed by atoms with van der Waals surface area (Å²) in [7, 11) is -4.15. The molecule has 0 aliphatic carbocycles. The number of aliphatic hydroxyl groups excluding tert-OH is 1. The van der Waals surface area contributed by atoms with Gasteiger partial charge in [-0.05, 0) is 18.2 Å². The molecule has 4 nitrogen and oxygen atoms in total. The van der Waals surface area contributed by atoms with Crippen LogP contribution in [0.3, 0.4) is 0 Å². The van der Waals surface area contributed by atoms with E-state index in [-0.39, 0.29) is 14.9 Å². The summed E-state index contributed by atoms with van der Waals surface area (Å²) in [6, 6.07) is 3.50. The lowest BCUT2D eigenvalue weighted by Crippen LogP contribution is -2.37. The maximum Gasteiger partial charge on any atom is 0.252 e. The number of hydrogen-bond acceptors (Lipinski definition) is 3. The lowest BCUT2D eigenvalue weighted by molar-refractivity contribution is 0.113. The molecule has 0 spiro atoms. The van der Waals surface area contributed by atoms with Gasteiger partial charge in [-0.15, -0.1) is 0 Å². The fraction of sp³-hybridized carbons (Fsp3) is 0.400. The average Bonchev–Trinajstić information content (AvgIpc) is 2.31. The van der Waals surface area contributed by atoms with Crippen LogP contribution in [0, 0.1) is 0 Å². The molecule has 0 heterocycles. The van der Waals surface area contributed by atoms with E-state index < -0.39 is 36.1 Å². The van der Waals surface area contributed by atoms with E-state index >= 15 is 0 Å². The summed E-state index contributed by atoms with van der Waals surface area (Å²) in [5.41, 5.74) is 0. The van der Waals surface area contributed by atoms with E-state index in [2.05, 4.69) is 0 Å². The van der Waals surface area contributed by atoms with Crippen molar-refractivity contribution in [3.8, 4) is 0 Å². The van der Waals surface area contributed by atoms with Crippen LogP contribution in [0.25, 0.3) is 0 Å². The van der Waals surface area contributed by atoms with Gasteiger partial charge >= 0.3 is 0 Å². The molecule has 19 heavy (non-hydrogen) atoms. The second kappa shape index (κ2) is 6.81. The van der Waals surface area contributed by atoms with Gasteiger partial charge in [-0.25, -0.2) is 17.2 Å². The van der Waals surface area contributed by atoms with Gasteiger partial charge in [0, 0.05) is 6.54 Å². The molecule has 0 aromatic heterocycles. The molecule has 0 bridgehead atoms. The Balaban J connectivity index is 3.14. The second-order valence-electron chi connectivity index (χ2n) is 3.55. The minimum Gasteiger partial charge on any atom is -0.395 e. The number of aliphatic hydroxyl groups is 1. The van der Waals surface area contributed by atoms with Gasteiger partial charge in [0.1, 0.15) is 0 Å². The van der Waals surface area contributed by atoms with Crippen molar-refractivity contribution >= 4 is 33.2 Å². The molecule has 1 N–H and O–H groups in total. The fourth-order valence-electron chi connectivity index (χ4n) is 1.36. The summed E-state index contributed by atoms with van der Waals surface area (Å²) >= 11 is 11.4. The van der Waals surface area contributed by atoms with Crippen molar-refractivity contribution in [2.75, 3.05) is 19.7 Å². The first-order chi connectivity index (χ1) is 8.78. The first-order valence-electron chi connectivity index (χ1n) is 5.13. The molecule has 0 unspecified atom stereocenters. The molecule has 0 saturated heterocycles. The summed E-state index contributed by atoms with van der Waals surface area (Å²) in [6.45, 7) is -1.98. The molecule has 0 saturated carbocycles. The number of rotatable bonds is 6. The van der Waals surface area contributed by atoms with E-state index in [0.29, 0.717) is 4.31 Å². The van der Waals surface area contributed by atoms with Crippen molar-refractivity contribution in [3.63, 3.8) is 0 Å². The van der Waals surface area contributed by atoms with Crippen LogP contribution >= 0.6 is 23.2 Å². The normalized spacial score (nSPS) is 12.4. The van der Waals surface area contributed by atoms with E-state index in [0.717, 1.165) is 6.07 Å². The molecule has 0 atom stereocenters. The van der Waals surface area contributed by atoms with Crippen molar-refractivity contribution in [2.24, 2.45) is 0 Å². The van der Waals surface area contributed by atoms with Crippen molar-refractivity contribution in [1.82, 2.24) is 4.31 Å². The van der Waals surface area contributed by atoms with E-state index in [9.17, 15) is 17.2 Å². The predicted octanol–water partition coefficient (Wildman–Crippen LogP) is 2.24. The number of alkyl halides is 2. The highest BCUT2D eigenvalue weighted by molar-refractivity contribution is 7.89. The van der Waals surface area contributed by atoms with Crippen molar-refractivity contribution in [3.05, 3.63) is 28.2 Å². The highest BCUT2D eigenvalue weighted by Gasteiger charge is 2.27. The van der Waals surface area contributed by atoms with Crippen molar-refractivity contribution in [1.29, 1.82) is 0 Å². The van der Waals surface area contributed by atoms with Gasteiger partial charge < -0.3 is 5.11 Å². The van der Waals surface area contributed by atoms with Crippen molar-refractivity contribution < 1.29 is 22.3 Å². The monoisotopic (exact) mass is 333 g/mol. The molecule has 0 fully saturated rings. The van der Waals surface area contributed by atoms with E-state index in [1.54, 1.807) is 0 Å². The van der Waals surface area contributed by atoms with Crippen LogP contribution in [0.5, 0.6) is 0 Å². The Labute approximate surface area is 119 Å².